The van der Waals surface area contributed by atoms with Gasteiger partial charge in [-0.15, -0.1) is 0 Å². The summed E-state index contributed by atoms with van der Waals surface area (Å²) in [5.41, 5.74) is -2.74. The fourth-order valence-corrected chi connectivity index (χ4v) is 0.714. The van der Waals surface area contributed by atoms with Crippen molar-refractivity contribution in [2.45, 2.75) is 18.4 Å². The molecular weight excluding hydrogens is 473 g/mol. The van der Waals surface area contributed by atoms with Crippen LogP contribution in [-0.4, -0.2) is 146 Å². The molecule has 0 unspecified atom stereocenters. The average Bonchev–Trinajstić information content (AvgIpc) is 1.82. The quantitative estimate of drug-likeness (QED) is 0.288. The van der Waals surface area contributed by atoms with Crippen molar-refractivity contribution in [2.24, 2.45) is 0 Å². The van der Waals surface area contributed by atoms with E-state index in [0.29, 0.717) is 0 Å². The Labute approximate surface area is 170 Å². The van der Waals surface area contributed by atoms with Gasteiger partial charge in [-0.2, -0.15) is 0 Å². The van der Waals surface area contributed by atoms with Crippen LogP contribution in [-0.2, 0) is 14.4 Å². The summed E-state index contributed by atoms with van der Waals surface area (Å²) in [5, 5.41) is 33.8. The van der Waals surface area contributed by atoms with Gasteiger partial charge in [0.2, 0.25) is 0 Å². The predicted molar refractivity (Wildman–Crippen MR) is 64.1 cm³/mol. The standard InChI is InChI=1S/C6H8O7.Bi.2Ca.7H/c7-3(8)1-6(13,5(11)12)2-4(9)10;;;;;;;;;;/h13H,1-2H2,(H,7,8)(H,9,10)(H,11,12);;;;;;;;;;. The van der Waals surface area contributed by atoms with E-state index in [1.807, 2.05) is 0 Å². The molecule has 0 radical (unpaired) electrons. The van der Waals surface area contributed by atoms with Crippen LogP contribution in [0.2, 0.25) is 0 Å². The summed E-state index contributed by atoms with van der Waals surface area (Å²) in [5.74, 6) is -5.02. The third kappa shape index (κ3) is 10.9. The molecule has 4 N–H and O–H groups in total. The molecule has 10 heteroatoms. The van der Waals surface area contributed by atoms with Gasteiger partial charge in [-0.05, 0) is 0 Å². The van der Waals surface area contributed by atoms with Gasteiger partial charge >= 0.3 is 120 Å². The number of carbonyl (C=O) groups is 3. The molecule has 0 aliphatic carbocycles. The van der Waals surface area contributed by atoms with Gasteiger partial charge in [-0.3, -0.25) is 9.59 Å². The van der Waals surface area contributed by atoms with Crippen LogP contribution in [0.1, 0.15) is 12.8 Å². The summed E-state index contributed by atoms with van der Waals surface area (Å²) in [6.45, 7) is 0. The molecule has 0 heterocycles. The van der Waals surface area contributed by atoms with Gasteiger partial charge in [0.1, 0.15) is 0 Å². The Bertz CT molecular complexity index is 241. The Morgan fingerprint density at radius 2 is 1.12 bits per heavy atom. The van der Waals surface area contributed by atoms with Gasteiger partial charge < -0.3 is 20.4 Å². The number of aliphatic hydroxyl groups is 1. The molecule has 0 atom stereocenters. The van der Waals surface area contributed by atoms with Crippen molar-refractivity contribution in [1.82, 2.24) is 0 Å². The van der Waals surface area contributed by atoms with Crippen LogP contribution in [0.15, 0.2) is 0 Å². The number of rotatable bonds is 5. The number of hydrogen-bond donors (Lipinski definition) is 4. The van der Waals surface area contributed by atoms with Gasteiger partial charge in [-0.25, -0.2) is 4.79 Å². The van der Waals surface area contributed by atoms with Crippen LogP contribution in [0, 0.1) is 0 Å². The Morgan fingerprint density at radius 1 is 0.875 bits per heavy atom. The SMILES string of the molecule is O=C(O)CC(O)(CC(=O)O)C(=O)O.[BiH3].[CaH2].[CaH2]. The number of hydrogen-bond acceptors (Lipinski definition) is 4. The van der Waals surface area contributed by atoms with Crippen molar-refractivity contribution >= 4 is 120 Å². The molecule has 16 heavy (non-hydrogen) atoms. The maximum absolute atomic E-state index is 10.3. The summed E-state index contributed by atoms with van der Waals surface area (Å²) in [6, 6.07) is 0. The molecule has 7 nitrogen and oxygen atoms in total. The van der Waals surface area contributed by atoms with E-state index in [-0.39, 0.29) is 102 Å². The Kier molecular flexibility index (Phi) is 19.5. The zero-order valence-corrected chi connectivity index (χ0v) is 12.6. The summed E-state index contributed by atoms with van der Waals surface area (Å²) < 4.78 is 0. The summed E-state index contributed by atoms with van der Waals surface area (Å²) in [7, 11) is 0. The molecule has 0 bridgehead atoms. The Hall–Kier alpha value is 1.77. The molecule has 0 aromatic rings. The fourth-order valence-electron chi connectivity index (χ4n) is 0.714. The van der Waals surface area contributed by atoms with Gasteiger partial charge in [0.25, 0.3) is 0 Å². The Morgan fingerprint density at radius 3 is 1.25 bits per heavy atom. The zero-order chi connectivity index (χ0) is 10.6. The van der Waals surface area contributed by atoms with Crippen LogP contribution >= 0.6 is 0 Å². The fraction of sp³-hybridized carbons (Fsp3) is 0.500. The summed E-state index contributed by atoms with van der Waals surface area (Å²) >= 11 is 0. The van der Waals surface area contributed by atoms with Crippen molar-refractivity contribution in [3.05, 3.63) is 0 Å². The van der Waals surface area contributed by atoms with E-state index in [2.05, 4.69) is 0 Å². The van der Waals surface area contributed by atoms with Crippen molar-refractivity contribution in [3.63, 3.8) is 0 Å². The molecule has 0 amide bonds. The van der Waals surface area contributed by atoms with E-state index in [4.69, 9.17) is 20.4 Å². The van der Waals surface area contributed by atoms with Crippen molar-refractivity contribution in [2.75, 3.05) is 0 Å². The normalized spacial score (nSPS) is 8.81. The first-order valence-electron chi connectivity index (χ1n) is 3.17. The van der Waals surface area contributed by atoms with E-state index in [0.717, 1.165) is 0 Å². The number of carboxylic acid groups (broad SMARTS) is 3. The van der Waals surface area contributed by atoms with Gasteiger partial charge in [0, 0.05) is 0 Å². The minimum absolute atomic E-state index is 0. The second-order valence-electron chi connectivity index (χ2n) is 2.48. The van der Waals surface area contributed by atoms with E-state index >= 15 is 0 Å². The zero-order valence-electron chi connectivity index (χ0n) is 7.13. The minimum atomic E-state index is -2.74. The maximum atomic E-state index is 10.3. The summed E-state index contributed by atoms with van der Waals surface area (Å²) in [4.78, 5) is 30.5. The molecule has 0 aromatic heterocycles. The molecular formula is C6H15BiCa2O7. The van der Waals surface area contributed by atoms with E-state index < -0.39 is 36.4 Å². The van der Waals surface area contributed by atoms with Crippen LogP contribution in [0.3, 0.4) is 0 Å². The van der Waals surface area contributed by atoms with E-state index in [9.17, 15) is 14.4 Å². The molecule has 0 spiro atoms. The number of aliphatic carboxylic acids is 3. The summed E-state index contributed by atoms with van der Waals surface area (Å²) in [6.07, 6.45) is -2.29. The third-order valence-corrected chi connectivity index (χ3v) is 1.29. The molecule has 90 valence electrons. The molecule has 0 rings (SSSR count). The third-order valence-electron chi connectivity index (χ3n) is 1.29. The van der Waals surface area contributed by atoms with E-state index in [1.54, 1.807) is 0 Å². The predicted octanol–water partition coefficient (Wildman–Crippen LogP) is -4.26. The van der Waals surface area contributed by atoms with Crippen LogP contribution in [0.5, 0.6) is 0 Å². The first-order valence-corrected chi connectivity index (χ1v) is 3.17. The number of carboxylic acids is 3. The van der Waals surface area contributed by atoms with Crippen molar-refractivity contribution in [1.29, 1.82) is 0 Å². The molecule has 0 aliphatic rings. The van der Waals surface area contributed by atoms with Crippen molar-refractivity contribution < 1.29 is 34.8 Å². The van der Waals surface area contributed by atoms with Crippen LogP contribution < -0.4 is 0 Å². The Balaban J connectivity index is -0.000000240. The van der Waals surface area contributed by atoms with Crippen LogP contribution in [0.25, 0.3) is 0 Å². The van der Waals surface area contributed by atoms with Gasteiger partial charge in [0.15, 0.2) is 5.60 Å². The monoisotopic (exact) mass is 488 g/mol. The van der Waals surface area contributed by atoms with Gasteiger partial charge in [-0.1, -0.05) is 0 Å². The van der Waals surface area contributed by atoms with Gasteiger partial charge in [0.05, 0.1) is 12.8 Å². The molecule has 0 aliphatic heterocycles. The average molecular weight is 488 g/mol. The molecule has 0 fully saturated rings. The first-order chi connectivity index (χ1) is 5.78. The molecule has 0 saturated heterocycles. The molecule has 0 saturated carbocycles. The topological polar surface area (TPSA) is 132 Å². The second-order valence-corrected chi connectivity index (χ2v) is 2.48. The molecule has 0 aromatic carbocycles. The van der Waals surface area contributed by atoms with E-state index in [1.165, 1.54) is 0 Å². The second kappa shape index (κ2) is 11.8. The van der Waals surface area contributed by atoms with Crippen LogP contribution in [0.4, 0.5) is 0 Å². The first kappa shape index (κ1) is 26.4. The van der Waals surface area contributed by atoms with Crippen molar-refractivity contribution in [3.8, 4) is 0 Å².